The molecule has 2 aromatic carbocycles. The maximum absolute atomic E-state index is 12.3. The molecule has 0 aliphatic heterocycles. The first kappa shape index (κ1) is 22.4. The number of benzene rings is 2. The van der Waals surface area contributed by atoms with Gasteiger partial charge in [-0.3, -0.25) is 25.2 Å². The number of hydrogen-bond donors (Lipinski definition) is 3. The van der Waals surface area contributed by atoms with Gasteiger partial charge in [0, 0.05) is 27.2 Å². The van der Waals surface area contributed by atoms with Gasteiger partial charge in [0.1, 0.15) is 0 Å². The standard InChI is InChI=1S/C23H20ClN3O3S2/c24-17-7-9-18(10-8-17)31-13-14-1-3-16(4-2-14)22(29)26-27-23(30)19-11-12-20(32-19)25-21(28)15-5-6-15/h1-4,7-12,15H,5-6,13H2,(H,25,28)(H,26,29)(H,27,30). The number of anilines is 1. The van der Waals surface area contributed by atoms with Gasteiger partial charge in [0.05, 0.1) is 9.88 Å². The zero-order chi connectivity index (χ0) is 22.5. The first-order chi connectivity index (χ1) is 15.5. The van der Waals surface area contributed by atoms with E-state index in [1.807, 2.05) is 36.4 Å². The summed E-state index contributed by atoms with van der Waals surface area (Å²) >= 11 is 8.74. The van der Waals surface area contributed by atoms with Crippen molar-refractivity contribution in [1.29, 1.82) is 0 Å². The molecular formula is C23H20ClN3O3S2. The Bertz CT molecular complexity index is 1130. The van der Waals surface area contributed by atoms with Gasteiger partial charge in [-0.2, -0.15) is 0 Å². The van der Waals surface area contributed by atoms with Gasteiger partial charge in [-0.05, 0) is 66.9 Å². The maximum Gasteiger partial charge on any atom is 0.279 e. The molecular weight excluding hydrogens is 466 g/mol. The predicted octanol–water partition coefficient (Wildman–Crippen LogP) is 5.12. The molecule has 6 nitrogen and oxygen atoms in total. The summed E-state index contributed by atoms with van der Waals surface area (Å²) in [5.41, 5.74) is 6.34. The van der Waals surface area contributed by atoms with E-state index in [9.17, 15) is 14.4 Å². The normalized spacial score (nSPS) is 12.8. The Morgan fingerprint density at radius 2 is 1.59 bits per heavy atom. The molecule has 0 bridgehead atoms. The third kappa shape index (κ3) is 6.12. The van der Waals surface area contributed by atoms with Crippen molar-refractivity contribution in [3.8, 4) is 0 Å². The van der Waals surface area contributed by atoms with Crippen LogP contribution in [0.25, 0.3) is 0 Å². The minimum atomic E-state index is -0.439. The van der Waals surface area contributed by atoms with Gasteiger partial charge in [-0.25, -0.2) is 0 Å². The highest BCUT2D eigenvalue weighted by molar-refractivity contribution is 7.98. The van der Waals surface area contributed by atoms with E-state index in [-0.39, 0.29) is 11.8 Å². The summed E-state index contributed by atoms with van der Waals surface area (Å²) in [6, 6.07) is 18.1. The Balaban J connectivity index is 1.24. The summed E-state index contributed by atoms with van der Waals surface area (Å²) in [6.07, 6.45) is 1.83. The molecule has 9 heteroatoms. The van der Waals surface area contributed by atoms with E-state index < -0.39 is 11.8 Å². The SMILES string of the molecule is O=C(NNC(=O)c1ccc(NC(=O)C2CC2)s1)c1ccc(CSc2ccc(Cl)cc2)cc1. The molecule has 1 aliphatic rings. The van der Waals surface area contributed by atoms with Crippen molar-refractivity contribution in [2.45, 2.75) is 23.5 Å². The van der Waals surface area contributed by atoms with Gasteiger partial charge in [0.2, 0.25) is 5.91 Å². The zero-order valence-corrected chi connectivity index (χ0v) is 19.3. The number of nitrogens with one attached hydrogen (secondary N) is 3. The lowest BCUT2D eigenvalue weighted by Gasteiger charge is -2.07. The smallest absolute Gasteiger partial charge is 0.279 e. The number of rotatable bonds is 7. The minimum absolute atomic E-state index is 0.0119. The molecule has 1 fully saturated rings. The third-order valence-corrected chi connectivity index (χ3v) is 7.08. The van der Waals surface area contributed by atoms with Gasteiger partial charge in [-0.1, -0.05) is 23.7 Å². The second-order valence-corrected chi connectivity index (χ2v) is 9.84. The number of hydrogen-bond acceptors (Lipinski definition) is 5. The van der Waals surface area contributed by atoms with Crippen molar-refractivity contribution in [2.75, 3.05) is 5.32 Å². The second-order valence-electron chi connectivity index (χ2n) is 7.28. The molecule has 1 aliphatic carbocycles. The van der Waals surface area contributed by atoms with Crippen molar-refractivity contribution in [3.05, 3.63) is 81.7 Å². The molecule has 32 heavy (non-hydrogen) atoms. The van der Waals surface area contributed by atoms with Crippen LogP contribution in [0.2, 0.25) is 5.02 Å². The van der Waals surface area contributed by atoms with Gasteiger partial charge in [0.15, 0.2) is 0 Å². The highest BCUT2D eigenvalue weighted by Crippen LogP contribution is 2.31. The Morgan fingerprint density at radius 1 is 0.906 bits per heavy atom. The average Bonchev–Trinajstić information content (AvgIpc) is 3.56. The second kappa shape index (κ2) is 10.2. The fourth-order valence-electron chi connectivity index (χ4n) is 2.79. The quantitative estimate of drug-likeness (QED) is 0.320. The van der Waals surface area contributed by atoms with Crippen molar-refractivity contribution < 1.29 is 14.4 Å². The maximum atomic E-state index is 12.3. The fraction of sp³-hybridized carbons (Fsp3) is 0.174. The van der Waals surface area contributed by atoms with Crippen LogP contribution in [-0.2, 0) is 10.5 Å². The largest absolute Gasteiger partial charge is 0.317 e. The lowest BCUT2D eigenvalue weighted by atomic mass is 10.1. The van der Waals surface area contributed by atoms with E-state index in [2.05, 4.69) is 16.2 Å². The summed E-state index contributed by atoms with van der Waals surface area (Å²) in [6.45, 7) is 0. The first-order valence-corrected chi connectivity index (χ1v) is 12.1. The van der Waals surface area contributed by atoms with Gasteiger partial charge < -0.3 is 5.32 Å². The number of amides is 3. The van der Waals surface area contributed by atoms with Crippen molar-refractivity contribution in [1.82, 2.24) is 10.9 Å². The molecule has 3 amide bonds. The lowest BCUT2D eigenvalue weighted by Crippen LogP contribution is -2.41. The van der Waals surface area contributed by atoms with Crippen LogP contribution in [-0.4, -0.2) is 17.7 Å². The molecule has 0 spiro atoms. The molecule has 0 saturated heterocycles. The highest BCUT2D eigenvalue weighted by Gasteiger charge is 2.29. The van der Waals surface area contributed by atoms with Crippen LogP contribution in [0.5, 0.6) is 0 Å². The van der Waals surface area contributed by atoms with Crippen molar-refractivity contribution in [2.24, 2.45) is 5.92 Å². The van der Waals surface area contributed by atoms with Gasteiger partial charge in [0.25, 0.3) is 11.8 Å². The van der Waals surface area contributed by atoms with Crippen LogP contribution in [0.15, 0.2) is 65.6 Å². The Labute approximate surface area is 198 Å². The molecule has 0 radical (unpaired) electrons. The summed E-state index contributed by atoms with van der Waals surface area (Å²) in [4.78, 5) is 37.9. The number of halogens is 1. The van der Waals surface area contributed by atoms with E-state index >= 15 is 0 Å². The molecule has 0 unspecified atom stereocenters. The van der Waals surface area contributed by atoms with E-state index in [1.54, 1.807) is 36.0 Å². The molecule has 3 aromatic rings. The number of hydrazine groups is 1. The number of carbonyl (C=O) groups is 3. The lowest BCUT2D eigenvalue weighted by molar-refractivity contribution is -0.117. The minimum Gasteiger partial charge on any atom is -0.317 e. The summed E-state index contributed by atoms with van der Waals surface area (Å²) in [5.74, 6) is -0.00308. The molecule has 164 valence electrons. The van der Waals surface area contributed by atoms with Gasteiger partial charge in [-0.15, -0.1) is 23.1 Å². The van der Waals surface area contributed by atoms with Crippen LogP contribution in [0.1, 0.15) is 38.4 Å². The topological polar surface area (TPSA) is 87.3 Å². The van der Waals surface area contributed by atoms with Crippen LogP contribution in [0.3, 0.4) is 0 Å². The predicted molar refractivity (Wildman–Crippen MR) is 128 cm³/mol. The number of thioether (sulfide) groups is 1. The summed E-state index contributed by atoms with van der Waals surface area (Å²) in [5, 5.41) is 4.12. The third-order valence-electron chi connectivity index (χ3n) is 4.75. The van der Waals surface area contributed by atoms with E-state index in [1.165, 1.54) is 0 Å². The van der Waals surface area contributed by atoms with Gasteiger partial charge >= 0.3 is 0 Å². The number of thiophene rings is 1. The number of carbonyl (C=O) groups excluding carboxylic acids is 3. The van der Waals surface area contributed by atoms with E-state index in [0.29, 0.717) is 20.5 Å². The van der Waals surface area contributed by atoms with E-state index in [0.717, 1.165) is 40.4 Å². The Morgan fingerprint density at radius 3 is 2.28 bits per heavy atom. The van der Waals surface area contributed by atoms with Crippen molar-refractivity contribution >= 4 is 57.4 Å². The zero-order valence-electron chi connectivity index (χ0n) is 16.9. The van der Waals surface area contributed by atoms with Crippen LogP contribution < -0.4 is 16.2 Å². The Kier molecular flexibility index (Phi) is 7.14. The first-order valence-electron chi connectivity index (χ1n) is 9.96. The van der Waals surface area contributed by atoms with Crippen LogP contribution in [0, 0.1) is 5.92 Å². The molecule has 0 atom stereocenters. The summed E-state index contributed by atoms with van der Waals surface area (Å²) in [7, 11) is 0. The molecule has 1 heterocycles. The van der Waals surface area contributed by atoms with Crippen LogP contribution >= 0.6 is 34.7 Å². The summed E-state index contributed by atoms with van der Waals surface area (Å²) < 4.78 is 0. The average molecular weight is 486 g/mol. The van der Waals surface area contributed by atoms with E-state index in [4.69, 9.17) is 11.6 Å². The monoisotopic (exact) mass is 485 g/mol. The molecule has 1 saturated carbocycles. The fourth-order valence-corrected chi connectivity index (χ4v) is 4.58. The Hall–Kier alpha value is -2.81. The van der Waals surface area contributed by atoms with Crippen molar-refractivity contribution in [3.63, 3.8) is 0 Å². The highest BCUT2D eigenvalue weighted by atomic mass is 35.5. The molecule has 4 rings (SSSR count). The molecule has 1 aromatic heterocycles. The van der Waals surface area contributed by atoms with Crippen LogP contribution in [0.4, 0.5) is 5.00 Å². The molecule has 3 N–H and O–H groups in total.